The van der Waals surface area contributed by atoms with Crippen LogP contribution in [0.3, 0.4) is 0 Å². The van der Waals surface area contributed by atoms with Crippen molar-refractivity contribution in [3.8, 4) is 0 Å². The fraction of sp³-hybridized carbons (Fsp3) is 0.939. The zero-order valence-corrected chi connectivity index (χ0v) is 26.4. The van der Waals surface area contributed by atoms with Gasteiger partial charge >= 0.3 is 5.97 Å². The van der Waals surface area contributed by atoms with E-state index in [0.29, 0.717) is 26.1 Å². The maximum absolute atomic E-state index is 12.1. The molecule has 0 spiro atoms. The molecule has 238 valence electrons. The first-order valence-corrected chi connectivity index (χ1v) is 16.9. The van der Waals surface area contributed by atoms with Crippen molar-refractivity contribution < 1.29 is 24.5 Å². The normalized spacial score (nSPS) is 12.1. The minimum absolute atomic E-state index is 0.0303. The molecule has 0 bridgehead atoms. The predicted octanol–water partition coefficient (Wildman–Crippen LogP) is 6.92. The minimum atomic E-state index is -0.701. The van der Waals surface area contributed by atoms with E-state index in [-0.39, 0.29) is 25.7 Å². The van der Waals surface area contributed by atoms with E-state index in [1.54, 1.807) is 11.8 Å². The van der Waals surface area contributed by atoms with Gasteiger partial charge in [-0.2, -0.15) is 0 Å². The van der Waals surface area contributed by atoms with Crippen molar-refractivity contribution >= 4 is 11.9 Å². The topological polar surface area (TPSA) is 99.1 Å². The number of hydrogen-bond donors (Lipinski definition) is 3. The number of amides is 1. The minimum Gasteiger partial charge on any atom is -0.462 e. The third-order valence-corrected chi connectivity index (χ3v) is 7.51. The number of carbonyl (C=O) groups excluding carboxylic acids is 2. The molecule has 0 fully saturated rings. The van der Waals surface area contributed by atoms with E-state index in [2.05, 4.69) is 12.2 Å². The van der Waals surface area contributed by atoms with Gasteiger partial charge in [0.15, 0.2) is 0 Å². The number of ether oxygens (including phenoxy) is 1. The van der Waals surface area contributed by atoms with Gasteiger partial charge in [-0.05, 0) is 13.3 Å². The molecule has 7 heteroatoms. The molecule has 0 saturated carbocycles. The van der Waals surface area contributed by atoms with Crippen molar-refractivity contribution in [2.75, 3.05) is 39.4 Å². The predicted molar refractivity (Wildman–Crippen MR) is 166 cm³/mol. The zero-order chi connectivity index (χ0) is 29.5. The maximum Gasteiger partial charge on any atom is 0.320 e. The van der Waals surface area contributed by atoms with E-state index in [9.17, 15) is 19.8 Å². The molecule has 0 rings (SSSR count). The number of aliphatic hydroxyl groups is 2. The van der Waals surface area contributed by atoms with Crippen LogP contribution in [-0.2, 0) is 14.3 Å². The van der Waals surface area contributed by atoms with E-state index >= 15 is 0 Å². The first-order chi connectivity index (χ1) is 19.5. The summed E-state index contributed by atoms with van der Waals surface area (Å²) >= 11 is 0. The van der Waals surface area contributed by atoms with Gasteiger partial charge in [0.05, 0.1) is 19.3 Å². The highest BCUT2D eigenvalue weighted by atomic mass is 16.5. The second kappa shape index (κ2) is 30.8. The fourth-order valence-corrected chi connectivity index (χ4v) is 5.01. The van der Waals surface area contributed by atoms with Crippen LogP contribution < -0.4 is 5.32 Å². The monoisotopic (exact) mass is 570 g/mol. The lowest BCUT2D eigenvalue weighted by molar-refractivity contribution is -0.147. The van der Waals surface area contributed by atoms with Crippen molar-refractivity contribution in [3.05, 3.63) is 0 Å². The summed E-state index contributed by atoms with van der Waals surface area (Å²) in [7, 11) is 0. The van der Waals surface area contributed by atoms with Crippen molar-refractivity contribution in [3.63, 3.8) is 0 Å². The summed E-state index contributed by atoms with van der Waals surface area (Å²) in [6.07, 6.45) is 28.2. The van der Waals surface area contributed by atoms with E-state index in [4.69, 9.17) is 4.74 Å². The first kappa shape index (κ1) is 38.8. The zero-order valence-electron chi connectivity index (χ0n) is 26.4. The third kappa shape index (κ3) is 29.8. The first-order valence-electron chi connectivity index (χ1n) is 16.9. The highest BCUT2D eigenvalue weighted by Gasteiger charge is 2.12. The van der Waals surface area contributed by atoms with Crippen LogP contribution in [0.1, 0.15) is 155 Å². The van der Waals surface area contributed by atoms with Gasteiger partial charge < -0.3 is 20.3 Å². The molecular formula is C33H66N2O5. The van der Waals surface area contributed by atoms with Crippen LogP contribution in [0.15, 0.2) is 0 Å². The van der Waals surface area contributed by atoms with Crippen LogP contribution in [0.4, 0.5) is 0 Å². The Morgan fingerprint density at radius 3 is 1.52 bits per heavy atom. The number of unbranched alkanes of at least 4 members (excludes halogenated alkanes) is 20. The summed E-state index contributed by atoms with van der Waals surface area (Å²) in [4.78, 5) is 25.6. The van der Waals surface area contributed by atoms with E-state index < -0.39 is 12.1 Å². The Bertz CT molecular complexity index is 559. The second-order valence-electron chi connectivity index (χ2n) is 11.7. The molecule has 0 aromatic carbocycles. The lowest BCUT2D eigenvalue weighted by atomic mass is 10.0. The number of nitrogens with one attached hydrogen (secondary N) is 1. The number of nitrogens with zero attached hydrogens (tertiary/aromatic N) is 1. The molecule has 40 heavy (non-hydrogen) atoms. The Labute approximate surface area is 247 Å². The number of hydrogen-bond acceptors (Lipinski definition) is 6. The summed E-state index contributed by atoms with van der Waals surface area (Å²) in [6.45, 7) is 4.99. The lowest BCUT2D eigenvalue weighted by Crippen LogP contribution is -2.39. The van der Waals surface area contributed by atoms with Crippen LogP contribution in [0, 0.1) is 0 Å². The van der Waals surface area contributed by atoms with Gasteiger partial charge in [0.2, 0.25) is 5.91 Å². The van der Waals surface area contributed by atoms with Gasteiger partial charge in [-0.1, -0.05) is 135 Å². The van der Waals surface area contributed by atoms with E-state index in [0.717, 1.165) is 12.8 Å². The molecule has 0 aliphatic heterocycles. The SMILES string of the molecule is CCCCCCCCCCCCCCCCCCCCCCCC(=O)NCCN(CCO)CC(=O)OCC(C)O. The molecular weight excluding hydrogens is 504 g/mol. The van der Waals surface area contributed by atoms with Crippen molar-refractivity contribution in [1.82, 2.24) is 10.2 Å². The van der Waals surface area contributed by atoms with Crippen LogP contribution in [0.5, 0.6) is 0 Å². The molecule has 7 nitrogen and oxygen atoms in total. The molecule has 0 aromatic rings. The summed E-state index contributed by atoms with van der Waals surface area (Å²) in [5.41, 5.74) is 0. The molecule has 0 saturated heterocycles. The molecule has 0 heterocycles. The van der Waals surface area contributed by atoms with Crippen molar-refractivity contribution in [2.45, 2.75) is 161 Å². The largest absolute Gasteiger partial charge is 0.462 e. The average molecular weight is 571 g/mol. The van der Waals surface area contributed by atoms with Crippen LogP contribution >= 0.6 is 0 Å². The quantitative estimate of drug-likeness (QED) is 0.0618. The Kier molecular flexibility index (Phi) is 29.9. The molecule has 1 unspecified atom stereocenters. The molecule has 3 N–H and O–H groups in total. The Morgan fingerprint density at radius 1 is 0.700 bits per heavy atom. The number of esters is 1. The second-order valence-corrected chi connectivity index (χ2v) is 11.7. The lowest BCUT2D eigenvalue weighted by Gasteiger charge is -2.20. The van der Waals surface area contributed by atoms with Gasteiger partial charge in [-0.3, -0.25) is 14.5 Å². The summed E-state index contributed by atoms with van der Waals surface area (Å²) in [6, 6.07) is 0. The molecule has 0 aromatic heterocycles. The molecule has 0 aliphatic rings. The van der Waals surface area contributed by atoms with E-state index in [1.807, 2.05) is 0 Å². The average Bonchev–Trinajstić information content (AvgIpc) is 2.92. The van der Waals surface area contributed by atoms with Crippen LogP contribution in [-0.4, -0.2) is 72.5 Å². The van der Waals surface area contributed by atoms with Gasteiger partial charge in [-0.15, -0.1) is 0 Å². The highest BCUT2D eigenvalue weighted by molar-refractivity contribution is 5.75. The van der Waals surface area contributed by atoms with Crippen LogP contribution in [0.25, 0.3) is 0 Å². The number of carbonyl (C=O) groups is 2. The van der Waals surface area contributed by atoms with Crippen molar-refractivity contribution in [1.29, 1.82) is 0 Å². The molecule has 0 aliphatic carbocycles. The Balaban J connectivity index is 3.42. The summed E-state index contributed by atoms with van der Waals surface area (Å²) < 4.78 is 4.96. The molecule has 0 radical (unpaired) electrons. The van der Waals surface area contributed by atoms with Gasteiger partial charge in [0.25, 0.3) is 0 Å². The highest BCUT2D eigenvalue weighted by Crippen LogP contribution is 2.15. The van der Waals surface area contributed by atoms with Crippen LogP contribution in [0.2, 0.25) is 0 Å². The number of aliphatic hydroxyl groups excluding tert-OH is 2. The maximum atomic E-state index is 12.1. The standard InChI is InChI=1S/C33H66N2O5/c1-3-4-5-6-7-8-9-10-11-12-13-14-15-16-17-18-19-20-21-22-23-24-32(38)34-25-26-35(27-28-36)29-33(39)40-30-31(2)37/h31,36-37H,3-30H2,1-2H3,(H,34,38). The summed E-state index contributed by atoms with van der Waals surface area (Å²) in [5, 5.41) is 21.3. The molecule has 1 atom stereocenters. The fourth-order valence-electron chi connectivity index (χ4n) is 5.01. The Hall–Kier alpha value is -1.18. The van der Waals surface area contributed by atoms with Gasteiger partial charge in [0.1, 0.15) is 6.61 Å². The smallest absolute Gasteiger partial charge is 0.320 e. The van der Waals surface area contributed by atoms with Crippen molar-refractivity contribution in [2.24, 2.45) is 0 Å². The number of rotatable bonds is 31. The Morgan fingerprint density at radius 2 is 1.12 bits per heavy atom. The third-order valence-electron chi connectivity index (χ3n) is 7.51. The van der Waals surface area contributed by atoms with E-state index in [1.165, 1.54) is 122 Å². The van der Waals surface area contributed by atoms with Gasteiger partial charge in [-0.25, -0.2) is 0 Å². The molecule has 1 amide bonds. The van der Waals surface area contributed by atoms with Gasteiger partial charge in [0, 0.05) is 26.1 Å². The summed E-state index contributed by atoms with van der Waals surface area (Å²) in [5.74, 6) is -0.404.